The number of ketones is 1. The summed E-state index contributed by atoms with van der Waals surface area (Å²) in [7, 11) is -3.00. The Balaban J connectivity index is 2.78. The molecule has 1 N–H and O–H groups in total. The first kappa shape index (κ1) is 16.6. The molecule has 0 fully saturated rings. The maximum absolute atomic E-state index is 11.9. The molecule has 5 heteroatoms. The Hall–Kier alpha value is -1.49. The lowest BCUT2D eigenvalue weighted by Crippen LogP contribution is -2.14. The number of carbonyl (C=O) groups excluding carboxylic acids is 1. The summed E-state index contributed by atoms with van der Waals surface area (Å²) in [4.78, 5) is 11.9. The van der Waals surface area contributed by atoms with Crippen molar-refractivity contribution < 1.29 is 13.2 Å². The Morgan fingerprint density at radius 3 is 2.80 bits per heavy atom. The minimum absolute atomic E-state index is 0.0499. The van der Waals surface area contributed by atoms with E-state index < -0.39 is 9.84 Å². The highest BCUT2D eigenvalue weighted by atomic mass is 32.2. The molecule has 0 unspecified atom stereocenters. The lowest BCUT2D eigenvalue weighted by Gasteiger charge is -2.15. The van der Waals surface area contributed by atoms with Crippen LogP contribution in [0.4, 0.5) is 0 Å². The SMILES string of the molecule is C=CCC(=N)C(=O)CC1=C(CCS(C)(=O)=O)CCC=C1. The van der Waals surface area contributed by atoms with Gasteiger partial charge in [0.25, 0.3) is 0 Å². The van der Waals surface area contributed by atoms with E-state index in [2.05, 4.69) is 6.58 Å². The van der Waals surface area contributed by atoms with Crippen LogP contribution >= 0.6 is 0 Å². The van der Waals surface area contributed by atoms with E-state index in [1.54, 1.807) is 0 Å². The second-order valence-electron chi connectivity index (χ2n) is 5.02. The molecule has 0 aliphatic heterocycles. The third kappa shape index (κ3) is 5.65. The Kier molecular flexibility index (Phi) is 6.07. The topological polar surface area (TPSA) is 75.1 Å². The smallest absolute Gasteiger partial charge is 0.180 e. The molecule has 0 aromatic heterocycles. The fraction of sp³-hybridized carbons (Fsp3) is 0.467. The molecule has 0 spiro atoms. The van der Waals surface area contributed by atoms with Gasteiger partial charge in [-0.15, -0.1) is 6.58 Å². The van der Waals surface area contributed by atoms with Crippen LogP contribution in [0.5, 0.6) is 0 Å². The predicted octanol–water partition coefficient (Wildman–Crippen LogP) is 2.62. The third-order valence-corrected chi connectivity index (χ3v) is 4.14. The van der Waals surface area contributed by atoms with Gasteiger partial charge in [0.05, 0.1) is 11.5 Å². The van der Waals surface area contributed by atoms with Crippen LogP contribution in [0.15, 0.2) is 36.0 Å². The number of sulfone groups is 1. The van der Waals surface area contributed by atoms with Gasteiger partial charge in [0, 0.05) is 19.1 Å². The normalized spacial score (nSPS) is 15.2. The second kappa shape index (κ2) is 7.33. The molecule has 4 nitrogen and oxygen atoms in total. The maximum atomic E-state index is 11.9. The number of allylic oxidation sites excluding steroid dienone is 5. The van der Waals surface area contributed by atoms with Gasteiger partial charge in [0.1, 0.15) is 9.84 Å². The van der Waals surface area contributed by atoms with Crippen molar-refractivity contribution in [2.24, 2.45) is 0 Å². The minimum Gasteiger partial charge on any atom is -0.301 e. The summed E-state index contributed by atoms with van der Waals surface area (Å²) in [5.41, 5.74) is 1.95. The lowest BCUT2D eigenvalue weighted by atomic mass is 9.91. The number of Topliss-reactive ketones (excluding diaryl/α,β-unsaturated/α-hetero) is 1. The molecule has 0 saturated heterocycles. The van der Waals surface area contributed by atoms with Gasteiger partial charge in [0.2, 0.25) is 0 Å². The molecule has 0 heterocycles. The monoisotopic (exact) mass is 295 g/mol. The molecule has 110 valence electrons. The van der Waals surface area contributed by atoms with Crippen molar-refractivity contribution >= 4 is 21.3 Å². The van der Waals surface area contributed by atoms with E-state index in [1.165, 1.54) is 12.3 Å². The molecule has 1 aliphatic carbocycles. The molecule has 20 heavy (non-hydrogen) atoms. The van der Waals surface area contributed by atoms with Crippen LogP contribution in [0.1, 0.15) is 32.1 Å². The number of hydrogen-bond acceptors (Lipinski definition) is 4. The first-order chi connectivity index (χ1) is 9.33. The van der Waals surface area contributed by atoms with Gasteiger partial charge >= 0.3 is 0 Å². The Morgan fingerprint density at radius 2 is 2.20 bits per heavy atom. The number of hydrogen-bond donors (Lipinski definition) is 1. The van der Waals surface area contributed by atoms with Crippen molar-refractivity contribution in [3.63, 3.8) is 0 Å². The summed E-state index contributed by atoms with van der Waals surface area (Å²) < 4.78 is 22.5. The Morgan fingerprint density at radius 1 is 1.50 bits per heavy atom. The average molecular weight is 295 g/mol. The highest BCUT2D eigenvalue weighted by Gasteiger charge is 2.16. The van der Waals surface area contributed by atoms with Gasteiger partial charge in [0.15, 0.2) is 5.78 Å². The largest absolute Gasteiger partial charge is 0.301 e. The molecule has 0 atom stereocenters. The Bertz CT molecular complexity index is 568. The zero-order chi connectivity index (χ0) is 15.2. The van der Waals surface area contributed by atoms with E-state index in [0.717, 1.165) is 24.0 Å². The number of carbonyl (C=O) groups is 1. The van der Waals surface area contributed by atoms with Crippen LogP contribution in [0.25, 0.3) is 0 Å². The molecule has 0 bridgehead atoms. The number of rotatable bonds is 8. The van der Waals surface area contributed by atoms with Crippen LogP contribution in [-0.2, 0) is 14.6 Å². The maximum Gasteiger partial charge on any atom is 0.180 e. The summed E-state index contributed by atoms with van der Waals surface area (Å²) >= 11 is 0. The fourth-order valence-electron chi connectivity index (χ4n) is 2.08. The van der Waals surface area contributed by atoms with Crippen molar-refractivity contribution in [3.05, 3.63) is 36.0 Å². The fourth-order valence-corrected chi connectivity index (χ4v) is 2.69. The predicted molar refractivity (Wildman–Crippen MR) is 81.9 cm³/mol. The van der Waals surface area contributed by atoms with E-state index in [9.17, 15) is 13.2 Å². The van der Waals surface area contributed by atoms with Gasteiger partial charge in [-0.05, 0) is 24.8 Å². The average Bonchev–Trinajstić information content (AvgIpc) is 2.37. The van der Waals surface area contributed by atoms with Gasteiger partial charge < -0.3 is 5.41 Å². The molecular weight excluding hydrogens is 274 g/mol. The van der Waals surface area contributed by atoms with E-state index in [1.807, 2.05) is 12.2 Å². The van der Waals surface area contributed by atoms with E-state index in [4.69, 9.17) is 5.41 Å². The summed E-state index contributed by atoms with van der Waals surface area (Å²) in [6.07, 6.45) is 9.23. The summed E-state index contributed by atoms with van der Waals surface area (Å²) in [5.74, 6) is -0.110. The van der Waals surface area contributed by atoms with Crippen LogP contribution in [0.2, 0.25) is 0 Å². The van der Waals surface area contributed by atoms with Crippen LogP contribution in [0.3, 0.4) is 0 Å². The zero-order valence-corrected chi connectivity index (χ0v) is 12.6. The van der Waals surface area contributed by atoms with E-state index in [0.29, 0.717) is 6.42 Å². The van der Waals surface area contributed by atoms with E-state index >= 15 is 0 Å². The lowest BCUT2D eigenvalue weighted by molar-refractivity contribution is -0.112. The molecule has 0 aromatic carbocycles. The summed E-state index contributed by atoms with van der Waals surface area (Å²) in [6.45, 7) is 3.52. The van der Waals surface area contributed by atoms with Gasteiger partial charge in [-0.1, -0.05) is 23.8 Å². The van der Waals surface area contributed by atoms with Crippen LogP contribution in [-0.4, -0.2) is 31.9 Å². The van der Waals surface area contributed by atoms with E-state index in [-0.39, 0.29) is 30.1 Å². The first-order valence-corrected chi connectivity index (χ1v) is 8.66. The molecule has 0 amide bonds. The molecule has 1 rings (SSSR count). The Labute approximate surface area is 120 Å². The summed E-state index contributed by atoms with van der Waals surface area (Å²) in [5, 5.41) is 7.62. The molecule has 0 radical (unpaired) electrons. The summed E-state index contributed by atoms with van der Waals surface area (Å²) in [6, 6.07) is 0. The van der Waals surface area contributed by atoms with Gasteiger partial charge in [-0.25, -0.2) is 8.42 Å². The quantitative estimate of drug-likeness (QED) is 0.552. The highest BCUT2D eigenvalue weighted by Crippen LogP contribution is 2.25. The second-order valence-corrected chi connectivity index (χ2v) is 7.28. The standard InChI is InChI=1S/C15H21NO3S/c1-3-6-14(16)15(17)11-13-8-5-4-7-12(13)9-10-20(2,18)19/h3,5,8,16H,1,4,6-7,9-11H2,2H3. The zero-order valence-electron chi connectivity index (χ0n) is 11.8. The molecule has 1 aliphatic rings. The van der Waals surface area contributed by atoms with Gasteiger partial charge in [-0.3, -0.25) is 4.79 Å². The van der Waals surface area contributed by atoms with Crippen molar-refractivity contribution in [1.29, 1.82) is 5.41 Å². The van der Waals surface area contributed by atoms with Gasteiger partial charge in [-0.2, -0.15) is 0 Å². The number of nitrogens with one attached hydrogen (secondary N) is 1. The van der Waals surface area contributed by atoms with Crippen molar-refractivity contribution in [1.82, 2.24) is 0 Å². The first-order valence-electron chi connectivity index (χ1n) is 6.60. The van der Waals surface area contributed by atoms with Crippen LogP contribution in [0, 0.1) is 5.41 Å². The minimum atomic E-state index is -3.00. The van der Waals surface area contributed by atoms with Crippen molar-refractivity contribution in [3.8, 4) is 0 Å². The molecule has 0 saturated carbocycles. The van der Waals surface area contributed by atoms with Crippen LogP contribution < -0.4 is 0 Å². The highest BCUT2D eigenvalue weighted by molar-refractivity contribution is 7.90. The third-order valence-electron chi connectivity index (χ3n) is 3.20. The molecule has 0 aromatic rings. The molecular formula is C15H21NO3S. The van der Waals surface area contributed by atoms with Crippen molar-refractivity contribution in [2.75, 3.05) is 12.0 Å². The van der Waals surface area contributed by atoms with Crippen molar-refractivity contribution in [2.45, 2.75) is 32.1 Å².